The highest BCUT2D eigenvalue weighted by atomic mass is 16.7. The number of amides is 1. The van der Waals surface area contributed by atoms with Crippen LogP contribution in [-0.2, 0) is 7.05 Å². The van der Waals surface area contributed by atoms with Crippen LogP contribution in [0.4, 0.5) is 10.7 Å². The molecular weight excluding hydrogens is 314 g/mol. The first kappa shape index (κ1) is 16.3. The summed E-state index contributed by atoms with van der Waals surface area (Å²) in [7, 11) is 1.16. The lowest BCUT2D eigenvalue weighted by molar-refractivity contribution is -0.945. The molecule has 17 nitrogen and oxygen atoms in total. The standard InChI is InChI=1S/C5H5N9O8/c1-11-3(8-9-10-11)6-2(7-4(15)16)5(12(17)18,13(19)20)14(21)22/h1H3,(H,15,16)(H,6,7,8,10). The van der Waals surface area contributed by atoms with Crippen molar-refractivity contribution in [3.05, 3.63) is 30.3 Å². The van der Waals surface area contributed by atoms with Crippen molar-refractivity contribution in [2.24, 2.45) is 12.0 Å². The number of nitrogens with zero attached hydrogens (tertiary/aromatic N) is 8. The number of carbonyl (C=O) groups is 1. The molecule has 0 bridgehead atoms. The molecular formula is C5H5N9O8. The lowest BCUT2D eigenvalue weighted by atomic mass is 10.3. The quantitative estimate of drug-likeness (QED) is 0.197. The minimum absolute atomic E-state index is 0.640. The minimum atomic E-state index is -4.27. The van der Waals surface area contributed by atoms with Crippen LogP contribution in [0.2, 0.25) is 0 Å². The third-order valence-corrected chi connectivity index (χ3v) is 2.12. The number of carboxylic acid groups (broad SMARTS) is 1. The van der Waals surface area contributed by atoms with Crippen molar-refractivity contribution in [3.63, 3.8) is 0 Å². The summed E-state index contributed by atoms with van der Waals surface area (Å²) in [5, 5.41) is 51.8. The second-order valence-electron chi connectivity index (χ2n) is 3.40. The highest BCUT2D eigenvalue weighted by Gasteiger charge is 2.77. The van der Waals surface area contributed by atoms with Gasteiger partial charge in [0.2, 0.25) is 0 Å². The van der Waals surface area contributed by atoms with E-state index >= 15 is 0 Å². The third-order valence-electron chi connectivity index (χ3n) is 2.12. The molecule has 1 amide bonds. The van der Waals surface area contributed by atoms with Gasteiger partial charge in [-0.1, -0.05) is 5.10 Å². The van der Waals surface area contributed by atoms with Crippen LogP contribution in [0, 0.1) is 30.3 Å². The summed E-state index contributed by atoms with van der Waals surface area (Å²) < 4.78 is 0.744. The molecule has 0 saturated carbocycles. The molecule has 1 aromatic rings. The number of aromatic nitrogens is 4. The predicted octanol–water partition coefficient (Wildman–Crippen LogP) is -2.01. The lowest BCUT2D eigenvalue weighted by Gasteiger charge is -2.10. The van der Waals surface area contributed by atoms with Crippen LogP contribution in [0.25, 0.3) is 0 Å². The first-order chi connectivity index (χ1) is 10.1. The zero-order valence-corrected chi connectivity index (χ0v) is 10.4. The smallest absolute Gasteiger partial charge is 0.465 e. The van der Waals surface area contributed by atoms with Crippen LogP contribution < -0.4 is 5.32 Å². The van der Waals surface area contributed by atoms with Gasteiger partial charge in [0.1, 0.15) is 0 Å². The highest BCUT2D eigenvalue weighted by molar-refractivity contribution is 5.98. The van der Waals surface area contributed by atoms with Gasteiger partial charge in [0.25, 0.3) is 5.95 Å². The van der Waals surface area contributed by atoms with E-state index in [-0.39, 0.29) is 0 Å². The fraction of sp³-hybridized carbons (Fsp3) is 0.400. The highest BCUT2D eigenvalue weighted by Crippen LogP contribution is 2.17. The molecule has 0 atom stereocenters. The third kappa shape index (κ3) is 2.57. The number of hydrogen-bond acceptors (Lipinski definition) is 11. The van der Waals surface area contributed by atoms with Crippen LogP contribution >= 0.6 is 0 Å². The van der Waals surface area contributed by atoms with Crippen molar-refractivity contribution in [2.75, 3.05) is 0 Å². The van der Waals surface area contributed by atoms with E-state index in [4.69, 9.17) is 5.11 Å². The zero-order chi connectivity index (χ0) is 17.1. The second-order valence-corrected chi connectivity index (χ2v) is 3.40. The summed E-state index contributed by atoms with van der Waals surface area (Å²) >= 11 is 0. The van der Waals surface area contributed by atoms with Gasteiger partial charge in [-0.15, -0.1) is 0 Å². The molecule has 0 fully saturated rings. The van der Waals surface area contributed by atoms with Gasteiger partial charge in [-0.2, -0.15) is 4.99 Å². The van der Waals surface area contributed by atoms with Crippen molar-refractivity contribution in [3.8, 4) is 0 Å². The van der Waals surface area contributed by atoms with Gasteiger partial charge in [0, 0.05) is 7.05 Å². The van der Waals surface area contributed by atoms with Gasteiger partial charge in [-0.3, -0.25) is 35.7 Å². The number of tetrazole rings is 1. The summed E-state index contributed by atoms with van der Waals surface area (Å²) in [5.41, 5.74) is 0. The Labute approximate surface area is 117 Å². The lowest BCUT2D eigenvalue weighted by Crippen LogP contribution is -2.64. The summed E-state index contributed by atoms with van der Waals surface area (Å²) in [4.78, 5) is 40.7. The number of hydrogen-bond donors (Lipinski definition) is 2. The molecule has 2 N–H and O–H groups in total. The average Bonchev–Trinajstić information content (AvgIpc) is 2.73. The Morgan fingerprint density at radius 1 is 1.27 bits per heavy atom. The van der Waals surface area contributed by atoms with Gasteiger partial charge in [0.05, 0.1) is 0 Å². The molecule has 1 heterocycles. The molecule has 0 aromatic carbocycles. The maximum absolute atomic E-state index is 10.9. The van der Waals surface area contributed by atoms with E-state index in [1.165, 1.54) is 0 Å². The van der Waals surface area contributed by atoms with Gasteiger partial charge in [-0.25, -0.2) is 9.48 Å². The van der Waals surface area contributed by atoms with Crippen LogP contribution in [0.5, 0.6) is 0 Å². The first-order valence-corrected chi connectivity index (χ1v) is 4.89. The molecule has 1 aromatic heterocycles. The molecule has 22 heavy (non-hydrogen) atoms. The second kappa shape index (κ2) is 5.68. The normalized spacial score (nSPS) is 11.8. The fourth-order valence-corrected chi connectivity index (χ4v) is 1.17. The topological polar surface area (TPSA) is 235 Å². The van der Waals surface area contributed by atoms with Gasteiger partial charge >= 0.3 is 17.7 Å². The molecule has 1 rings (SSSR count). The summed E-state index contributed by atoms with van der Waals surface area (Å²) in [6.45, 7) is 0. The van der Waals surface area contributed by atoms with Gasteiger partial charge in [0.15, 0.2) is 14.8 Å². The largest absolute Gasteiger partial charge is 0.761 e. The maximum Gasteiger partial charge on any atom is 0.761 e. The number of rotatable bonds is 5. The Kier molecular flexibility index (Phi) is 4.20. The minimum Gasteiger partial charge on any atom is -0.465 e. The SMILES string of the molecule is Cn1nnnc1N=C(NC(=O)O)C([N+](=O)[O-])([N+](=O)[O-])[N+](=O)[O-]. The molecule has 118 valence electrons. The van der Waals surface area contributed by atoms with E-state index in [1.54, 1.807) is 0 Å². The average molecular weight is 319 g/mol. The number of amidine groups is 1. The van der Waals surface area contributed by atoms with E-state index in [2.05, 4.69) is 20.5 Å². The molecule has 0 aliphatic heterocycles. The Bertz CT molecular complexity index is 641. The zero-order valence-electron chi connectivity index (χ0n) is 10.4. The Balaban J connectivity index is 3.66. The Hall–Kier alpha value is -3.79. The van der Waals surface area contributed by atoms with Crippen LogP contribution in [-0.4, -0.2) is 57.8 Å². The Morgan fingerprint density at radius 3 is 2.09 bits per heavy atom. The molecule has 0 aliphatic carbocycles. The fourth-order valence-electron chi connectivity index (χ4n) is 1.17. The van der Waals surface area contributed by atoms with Crippen molar-refractivity contribution < 1.29 is 24.7 Å². The number of nitrogens with one attached hydrogen (secondary N) is 1. The van der Waals surface area contributed by atoms with Gasteiger partial charge in [-0.05, 0) is 10.4 Å². The van der Waals surface area contributed by atoms with Crippen molar-refractivity contribution >= 4 is 17.9 Å². The number of nitro groups is 3. The molecule has 0 aliphatic rings. The maximum atomic E-state index is 10.9. The monoisotopic (exact) mass is 319 g/mol. The summed E-state index contributed by atoms with van der Waals surface area (Å²) in [6, 6.07) is 0. The first-order valence-electron chi connectivity index (χ1n) is 4.89. The van der Waals surface area contributed by atoms with Crippen molar-refractivity contribution in [2.45, 2.75) is 5.79 Å². The van der Waals surface area contributed by atoms with E-state index < -0.39 is 38.4 Å². The van der Waals surface area contributed by atoms with Crippen LogP contribution in [0.15, 0.2) is 4.99 Å². The van der Waals surface area contributed by atoms with Crippen LogP contribution in [0.1, 0.15) is 0 Å². The van der Waals surface area contributed by atoms with Crippen LogP contribution in [0.3, 0.4) is 0 Å². The van der Waals surface area contributed by atoms with Gasteiger partial charge < -0.3 is 5.11 Å². The van der Waals surface area contributed by atoms with E-state index in [9.17, 15) is 35.1 Å². The van der Waals surface area contributed by atoms with Crippen molar-refractivity contribution in [1.82, 2.24) is 25.5 Å². The molecule has 0 unspecified atom stereocenters. The number of aliphatic imine (C=N–C) groups is 1. The number of aryl methyl sites for hydroxylation is 1. The molecule has 0 spiro atoms. The predicted molar refractivity (Wildman–Crippen MR) is 60.8 cm³/mol. The molecule has 0 radical (unpaired) electrons. The summed E-state index contributed by atoms with van der Waals surface area (Å²) in [6.07, 6.45) is -2.05. The molecule has 17 heteroatoms. The van der Waals surface area contributed by atoms with E-state index in [1.807, 2.05) is 0 Å². The Morgan fingerprint density at radius 2 is 1.77 bits per heavy atom. The summed E-state index contributed by atoms with van der Waals surface area (Å²) in [5.74, 6) is -6.62. The van der Waals surface area contributed by atoms with E-state index in [0.717, 1.165) is 17.0 Å². The molecule has 0 saturated heterocycles. The van der Waals surface area contributed by atoms with Crippen molar-refractivity contribution in [1.29, 1.82) is 0 Å². The van der Waals surface area contributed by atoms with E-state index in [0.29, 0.717) is 0 Å².